The number of hydrogen-bond donors (Lipinski definition) is 0. The lowest BCUT2D eigenvalue weighted by atomic mass is 10.3. The van der Waals surface area contributed by atoms with Gasteiger partial charge >= 0.3 is 0 Å². The predicted molar refractivity (Wildman–Crippen MR) is 84.2 cm³/mol. The Hall–Kier alpha value is -3.01. The topological polar surface area (TPSA) is 40.5 Å². The maximum absolute atomic E-state index is 11.0. The average molecular weight is 293 g/mol. The lowest BCUT2D eigenvalue weighted by Gasteiger charge is -2.11. The molecule has 1 aromatic heterocycles. The van der Waals surface area contributed by atoms with Gasteiger partial charge in [-0.3, -0.25) is 4.79 Å². The summed E-state index contributed by atoms with van der Waals surface area (Å²) < 4.78 is 12.9. The van der Waals surface area contributed by atoms with Crippen LogP contribution in [0.25, 0.3) is 5.69 Å². The lowest BCUT2D eigenvalue weighted by molar-refractivity contribution is 0.111. The molecule has 0 amide bonds. The zero-order valence-corrected chi connectivity index (χ0v) is 12.1. The van der Waals surface area contributed by atoms with Crippen molar-refractivity contribution in [1.29, 1.82) is 0 Å². The Bertz CT molecular complexity index is 775. The van der Waals surface area contributed by atoms with Crippen molar-refractivity contribution >= 4 is 6.29 Å². The summed E-state index contributed by atoms with van der Waals surface area (Å²) in [5.41, 5.74) is 1.51. The number of rotatable bonds is 5. The second-order valence-corrected chi connectivity index (χ2v) is 4.67. The van der Waals surface area contributed by atoms with Gasteiger partial charge in [-0.25, -0.2) is 0 Å². The van der Waals surface area contributed by atoms with Gasteiger partial charge in [0, 0.05) is 11.9 Å². The zero-order valence-electron chi connectivity index (χ0n) is 12.1. The molecule has 0 saturated heterocycles. The molecule has 4 heteroatoms. The average Bonchev–Trinajstić information content (AvgIpc) is 3.05. The molecular weight excluding hydrogens is 278 g/mol. The third-order valence-electron chi connectivity index (χ3n) is 3.31. The van der Waals surface area contributed by atoms with Crippen LogP contribution in [0.5, 0.6) is 17.2 Å². The molecule has 4 nitrogen and oxygen atoms in total. The van der Waals surface area contributed by atoms with Crippen molar-refractivity contribution in [2.45, 2.75) is 0 Å². The number of carbonyl (C=O) groups is 1. The molecule has 1 heterocycles. The second-order valence-electron chi connectivity index (χ2n) is 4.67. The molecule has 0 bridgehead atoms. The largest absolute Gasteiger partial charge is 0.493 e. The number of nitrogens with zero attached hydrogens (tertiary/aromatic N) is 1. The molecule has 110 valence electrons. The van der Waals surface area contributed by atoms with Crippen LogP contribution < -0.4 is 9.47 Å². The molecule has 0 saturated carbocycles. The SMILES string of the molecule is COc1ccccc1Oc1ccc(-n2cccc2C=O)cc1. The van der Waals surface area contributed by atoms with E-state index in [2.05, 4.69) is 0 Å². The van der Waals surface area contributed by atoms with Crippen molar-refractivity contribution in [3.8, 4) is 22.9 Å². The van der Waals surface area contributed by atoms with Crippen LogP contribution in [0.2, 0.25) is 0 Å². The number of benzene rings is 2. The van der Waals surface area contributed by atoms with Crippen LogP contribution in [0.15, 0.2) is 66.9 Å². The van der Waals surface area contributed by atoms with E-state index in [9.17, 15) is 4.79 Å². The number of para-hydroxylation sites is 2. The molecule has 0 aliphatic rings. The standard InChI is InChI=1S/C18H15NO3/c1-21-17-6-2-3-7-18(17)22-16-10-8-14(9-11-16)19-12-4-5-15(19)13-20/h2-13H,1H3. The summed E-state index contributed by atoms with van der Waals surface area (Å²) in [5, 5.41) is 0. The maximum atomic E-state index is 11.0. The molecule has 0 spiro atoms. The van der Waals surface area contributed by atoms with Crippen LogP contribution in [0.1, 0.15) is 10.5 Å². The van der Waals surface area contributed by atoms with Crippen LogP contribution in [-0.4, -0.2) is 18.0 Å². The highest BCUT2D eigenvalue weighted by atomic mass is 16.5. The maximum Gasteiger partial charge on any atom is 0.169 e. The molecule has 0 radical (unpaired) electrons. The van der Waals surface area contributed by atoms with Crippen LogP contribution in [-0.2, 0) is 0 Å². The van der Waals surface area contributed by atoms with Crippen molar-refractivity contribution in [3.63, 3.8) is 0 Å². The van der Waals surface area contributed by atoms with Crippen molar-refractivity contribution in [3.05, 3.63) is 72.6 Å². The molecule has 2 aromatic carbocycles. The lowest BCUT2D eigenvalue weighted by Crippen LogP contribution is -1.97. The van der Waals surface area contributed by atoms with Gasteiger partial charge in [0.25, 0.3) is 0 Å². The van der Waals surface area contributed by atoms with Crippen LogP contribution >= 0.6 is 0 Å². The van der Waals surface area contributed by atoms with Gasteiger partial charge in [0.15, 0.2) is 17.8 Å². The normalized spacial score (nSPS) is 10.2. The summed E-state index contributed by atoms with van der Waals surface area (Å²) in [6.07, 6.45) is 2.68. The minimum absolute atomic E-state index is 0.610. The van der Waals surface area contributed by atoms with E-state index >= 15 is 0 Å². The van der Waals surface area contributed by atoms with Gasteiger partial charge in [-0.1, -0.05) is 12.1 Å². The highest BCUT2D eigenvalue weighted by molar-refractivity contribution is 5.73. The number of methoxy groups -OCH3 is 1. The Labute approximate surface area is 128 Å². The molecule has 3 aromatic rings. The minimum atomic E-state index is 0.610. The summed E-state index contributed by atoms with van der Waals surface area (Å²) in [6, 6.07) is 18.6. The van der Waals surface area contributed by atoms with Crippen LogP contribution in [0.3, 0.4) is 0 Å². The van der Waals surface area contributed by atoms with Crippen molar-refractivity contribution in [2.75, 3.05) is 7.11 Å². The van der Waals surface area contributed by atoms with Gasteiger partial charge in [0.1, 0.15) is 5.75 Å². The first kappa shape index (κ1) is 13.9. The summed E-state index contributed by atoms with van der Waals surface area (Å²) in [6.45, 7) is 0. The Morgan fingerprint density at radius 1 is 0.909 bits per heavy atom. The molecule has 0 unspecified atom stereocenters. The fraction of sp³-hybridized carbons (Fsp3) is 0.0556. The Kier molecular flexibility index (Phi) is 3.92. The van der Waals surface area contributed by atoms with Crippen molar-refractivity contribution < 1.29 is 14.3 Å². The molecule has 0 aliphatic heterocycles. The third-order valence-corrected chi connectivity index (χ3v) is 3.31. The molecule has 0 fully saturated rings. The van der Waals surface area contributed by atoms with E-state index in [4.69, 9.17) is 9.47 Å². The number of aromatic nitrogens is 1. The van der Waals surface area contributed by atoms with E-state index in [1.54, 1.807) is 13.2 Å². The Morgan fingerprint density at radius 3 is 2.32 bits per heavy atom. The monoisotopic (exact) mass is 293 g/mol. The predicted octanol–water partition coefficient (Wildman–Crippen LogP) is 4.09. The quantitative estimate of drug-likeness (QED) is 0.665. The van der Waals surface area contributed by atoms with Gasteiger partial charge in [-0.15, -0.1) is 0 Å². The molecular formula is C18H15NO3. The molecule has 0 N–H and O–H groups in total. The summed E-state index contributed by atoms with van der Waals surface area (Å²) in [5.74, 6) is 2.04. The Morgan fingerprint density at radius 2 is 1.64 bits per heavy atom. The van der Waals surface area contributed by atoms with Crippen molar-refractivity contribution in [1.82, 2.24) is 4.57 Å². The number of carbonyl (C=O) groups excluding carboxylic acids is 1. The van der Waals surface area contributed by atoms with Crippen LogP contribution in [0.4, 0.5) is 0 Å². The highest BCUT2D eigenvalue weighted by Crippen LogP contribution is 2.31. The molecule has 0 atom stereocenters. The smallest absolute Gasteiger partial charge is 0.169 e. The minimum Gasteiger partial charge on any atom is -0.493 e. The van der Waals surface area contributed by atoms with E-state index in [0.29, 0.717) is 22.9 Å². The van der Waals surface area contributed by atoms with E-state index in [0.717, 1.165) is 12.0 Å². The van der Waals surface area contributed by atoms with Gasteiger partial charge in [0.05, 0.1) is 12.8 Å². The molecule has 0 aliphatic carbocycles. The van der Waals surface area contributed by atoms with E-state index in [1.807, 2.05) is 65.4 Å². The van der Waals surface area contributed by atoms with E-state index < -0.39 is 0 Å². The molecule has 22 heavy (non-hydrogen) atoms. The summed E-state index contributed by atoms with van der Waals surface area (Å²) in [7, 11) is 1.61. The van der Waals surface area contributed by atoms with Gasteiger partial charge < -0.3 is 14.0 Å². The second kappa shape index (κ2) is 6.18. The van der Waals surface area contributed by atoms with E-state index in [-0.39, 0.29) is 0 Å². The first-order chi connectivity index (χ1) is 10.8. The number of hydrogen-bond acceptors (Lipinski definition) is 3. The Balaban J connectivity index is 1.84. The molecule has 3 rings (SSSR count). The number of ether oxygens (including phenoxy) is 2. The number of aldehydes is 1. The summed E-state index contributed by atoms with van der Waals surface area (Å²) >= 11 is 0. The third kappa shape index (κ3) is 2.72. The first-order valence-corrected chi connectivity index (χ1v) is 6.85. The van der Waals surface area contributed by atoms with Crippen LogP contribution in [0, 0.1) is 0 Å². The highest BCUT2D eigenvalue weighted by Gasteiger charge is 2.06. The fourth-order valence-electron chi connectivity index (χ4n) is 2.23. The summed E-state index contributed by atoms with van der Waals surface area (Å²) in [4.78, 5) is 11.0. The fourth-order valence-corrected chi connectivity index (χ4v) is 2.23. The van der Waals surface area contributed by atoms with Gasteiger partial charge in [-0.2, -0.15) is 0 Å². The van der Waals surface area contributed by atoms with Crippen molar-refractivity contribution in [2.24, 2.45) is 0 Å². The zero-order chi connectivity index (χ0) is 15.4. The first-order valence-electron chi connectivity index (χ1n) is 6.85. The van der Waals surface area contributed by atoms with Gasteiger partial charge in [0.2, 0.25) is 0 Å². The van der Waals surface area contributed by atoms with E-state index in [1.165, 1.54) is 0 Å². The van der Waals surface area contributed by atoms with Gasteiger partial charge in [-0.05, 0) is 48.5 Å².